The number of nitrogens with one attached hydrogen (secondary N) is 1. The zero-order valence-corrected chi connectivity index (χ0v) is 11.6. The van der Waals surface area contributed by atoms with Crippen molar-refractivity contribution >= 4 is 40.9 Å². The maximum absolute atomic E-state index is 11.6. The average molecular weight is 288 g/mol. The van der Waals surface area contributed by atoms with Crippen LogP contribution in [0.4, 0.5) is 5.69 Å². The van der Waals surface area contributed by atoms with Gasteiger partial charge in [0.15, 0.2) is 0 Å². The molecule has 1 aromatic rings. The third-order valence-corrected chi connectivity index (χ3v) is 3.73. The third kappa shape index (κ3) is 4.58. The Balaban J connectivity index is 2.50. The molecule has 0 spiro atoms. The highest BCUT2D eigenvalue weighted by Gasteiger charge is 2.28. The highest BCUT2D eigenvalue weighted by molar-refractivity contribution is 8.02. The van der Waals surface area contributed by atoms with E-state index in [9.17, 15) is 9.59 Å². The molecule has 0 radical (unpaired) electrons. The maximum Gasteiger partial charge on any atom is 0.319 e. The molecule has 0 heterocycles. The first kappa shape index (κ1) is 14.9. The minimum absolute atomic E-state index is 0.0752. The van der Waals surface area contributed by atoms with E-state index in [1.165, 1.54) is 0 Å². The van der Waals surface area contributed by atoms with E-state index >= 15 is 0 Å². The highest BCUT2D eigenvalue weighted by atomic mass is 35.5. The van der Waals surface area contributed by atoms with Gasteiger partial charge in [0, 0.05) is 10.7 Å². The number of anilines is 1. The van der Waals surface area contributed by atoms with Crippen molar-refractivity contribution in [3.8, 4) is 0 Å². The SMILES string of the molecule is CC(C)(SCC(=O)Nc1cccc(Cl)c1)C(=O)O. The van der Waals surface area contributed by atoms with Crippen LogP contribution in [-0.2, 0) is 9.59 Å². The standard InChI is InChI=1S/C12H14ClNO3S/c1-12(2,11(16)17)18-7-10(15)14-9-5-3-4-8(13)6-9/h3-6H,7H2,1-2H3,(H,14,15)(H,16,17). The quantitative estimate of drug-likeness (QED) is 0.874. The molecule has 0 saturated carbocycles. The number of hydrogen-bond donors (Lipinski definition) is 2. The van der Waals surface area contributed by atoms with Gasteiger partial charge in [-0.25, -0.2) is 0 Å². The number of rotatable bonds is 5. The molecule has 0 fully saturated rings. The molecule has 0 unspecified atom stereocenters. The Kier molecular flexibility index (Phi) is 5.04. The molecule has 0 aromatic heterocycles. The summed E-state index contributed by atoms with van der Waals surface area (Å²) in [5.41, 5.74) is 0.598. The van der Waals surface area contributed by atoms with Gasteiger partial charge in [0.2, 0.25) is 5.91 Å². The van der Waals surface area contributed by atoms with Gasteiger partial charge in [0.25, 0.3) is 0 Å². The molecule has 0 aliphatic heterocycles. The predicted octanol–water partition coefficient (Wildman–Crippen LogP) is 2.87. The third-order valence-electron chi connectivity index (χ3n) is 2.19. The fourth-order valence-corrected chi connectivity index (χ4v) is 1.95. The number of carboxylic acids is 1. The molecule has 4 nitrogen and oxygen atoms in total. The fourth-order valence-electron chi connectivity index (χ4n) is 1.07. The Morgan fingerprint density at radius 3 is 2.67 bits per heavy atom. The zero-order valence-electron chi connectivity index (χ0n) is 10.1. The lowest BCUT2D eigenvalue weighted by atomic mass is 10.2. The van der Waals surface area contributed by atoms with E-state index in [2.05, 4.69) is 5.32 Å². The number of benzene rings is 1. The Hall–Kier alpha value is -1.20. The summed E-state index contributed by atoms with van der Waals surface area (Å²) in [6.45, 7) is 3.12. The van der Waals surface area contributed by atoms with Gasteiger partial charge in [-0.1, -0.05) is 17.7 Å². The summed E-state index contributed by atoms with van der Waals surface area (Å²) in [5, 5.41) is 12.1. The predicted molar refractivity (Wildman–Crippen MR) is 74.3 cm³/mol. The molecule has 18 heavy (non-hydrogen) atoms. The number of halogens is 1. The van der Waals surface area contributed by atoms with Gasteiger partial charge in [-0.05, 0) is 32.0 Å². The smallest absolute Gasteiger partial charge is 0.319 e. The van der Waals surface area contributed by atoms with Crippen LogP contribution < -0.4 is 5.32 Å². The van der Waals surface area contributed by atoms with Gasteiger partial charge in [0.05, 0.1) is 5.75 Å². The van der Waals surface area contributed by atoms with E-state index in [1.807, 2.05) is 0 Å². The number of amides is 1. The fraction of sp³-hybridized carbons (Fsp3) is 0.333. The summed E-state index contributed by atoms with van der Waals surface area (Å²) >= 11 is 6.86. The van der Waals surface area contributed by atoms with Crippen LogP contribution in [0.15, 0.2) is 24.3 Å². The molecule has 1 amide bonds. The number of carbonyl (C=O) groups excluding carboxylic acids is 1. The monoisotopic (exact) mass is 287 g/mol. The molecule has 0 bridgehead atoms. The Bertz CT molecular complexity index is 462. The topological polar surface area (TPSA) is 66.4 Å². The van der Waals surface area contributed by atoms with Gasteiger partial charge in [-0.15, -0.1) is 11.8 Å². The molecule has 0 saturated heterocycles. The lowest BCUT2D eigenvalue weighted by Crippen LogP contribution is -2.29. The van der Waals surface area contributed by atoms with Crippen molar-refractivity contribution < 1.29 is 14.7 Å². The van der Waals surface area contributed by atoms with Crippen molar-refractivity contribution in [1.82, 2.24) is 0 Å². The maximum atomic E-state index is 11.6. The van der Waals surface area contributed by atoms with Crippen molar-refractivity contribution in [1.29, 1.82) is 0 Å². The van der Waals surface area contributed by atoms with Gasteiger partial charge < -0.3 is 10.4 Å². The summed E-state index contributed by atoms with van der Waals surface area (Å²) in [4.78, 5) is 22.5. The first-order valence-electron chi connectivity index (χ1n) is 5.24. The zero-order chi connectivity index (χ0) is 13.8. The summed E-state index contributed by atoms with van der Waals surface area (Å²) in [7, 11) is 0. The second-order valence-corrected chi connectivity index (χ2v) is 6.20. The lowest BCUT2D eigenvalue weighted by Gasteiger charge is -2.17. The molecule has 0 atom stereocenters. The van der Waals surface area contributed by atoms with E-state index < -0.39 is 10.7 Å². The minimum atomic E-state index is -0.980. The molecular formula is C12H14ClNO3S. The van der Waals surface area contributed by atoms with Gasteiger partial charge >= 0.3 is 5.97 Å². The largest absolute Gasteiger partial charge is 0.480 e. The lowest BCUT2D eigenvalue weighted by molar-refractivity contribution is -0.138. The molecular weight excluding hydrogens is 274 g/mol. The van der Waals surface area contributed by atoms with E-state index in [1.54, 1.807) is 38.1 Å². The van der Waals surface area contributed by atoms with Crippen LogP contribution in [0, 0.1) is 0 Å². The van der Waals surface area contributed by atoms with E-state index in [4.69, 9.17) is 16.7 Å². The molecule has 1 rings (SSSR count). The van der Waals surface area contributed by atoms with Crippen LogP contribution in [0.25, 0.3) is 0 Å². The molecule has 1 aromatic carbocycles. The highest BCUT2D eigenvalue weighted by Crippen LogP contribution is 2.24. The van der Waals surface area contributed by atoms with Gasteiger partial charge in [-0.3, -0.25) is 9.59 Å². The van der Waals surface area contributed by atoms with Crippen LogP contribution in [0.2, 0.25) is 5.02 Å². The number of thioether (sulfide) groups is 1. The summed E-state index contributed by atoms with van der Waals surface area (Å²) in [6.07, 6.45) is 0. The van der Waals surface area contributed by atoms with Crippen molar-refractivity contribution in [2.75, 3.05) is 11.1 Å². The molecule has 0 aliphatic carbocycles. The molecule has 98 valence electrons. The number of carboxylic acid groups (broad SMARTS) is 1. The minimum Gasteiger partial charge on any atom is -0.480 e. The van der Waals surface area contributed by atoms with E-state index in [-0.39, 0.29) is 11.7 Å². The van der Waals surface area contributed by atoms with Crippen molar-refractivity contribution in [3.63, 3.8) is 0 Å². The van der Waals surface area contributed by atoms with Crippen LogP contribution >= 0.6 is 23.4 Å². The first-order chi connectivity index (χ1) is 8.31. The summed E-state index contributed by atoms with van der Waals surface area (Å²) in [5.74, 6) is -1.12. The van der Waals surface area contributed by atoms with Gasteiger partial charge in [-0.2, -0.15) is 0 Å². The second-order valence-electron chi connectivity index (χ2n) is 4.16. The number of hydrogen-bond acceptors (Lipinski definition) is 3. The number of aliphatic carboxylic acids is 1. The summed E-state index contributed by atoms with van der Waals surface area (Å²) < 4.78 is -0.980. The van der Waals surface area contributed by atoms with Gasteiger partial charge in [0.1, 0.15) is 4.75 Å². The molecule has 0 aliphatic rings. The molecule has 6 heteroatoms. The number of carbonyl (C=O) groups is 2. The average Bonchev–Trinajstić information content (AvgIpc) is 2.26. The van der Waals surface area contributed by atoms with E-state index in [0.717, 1.165) is 11.8 Å². The van der Waals surface area contributed by atoms with Crippen LogP contribution in [0.5, 0.6) is 0 Å². The van der Waals surface area contributed by atoms with E-state index in [0.29, 0.717) is 10.7 Å². The van der Waals surface area contributed by atoms with Crippen molar-refractivity contribution in [2.24, 2.45) is 0 Å². The van der Waals surface area contributed by atoms with Crippen molar-refractivity contribution in [3.05, 3.63) is 29.3 Å². The van der Waals surface area contributed by atoms with Crippen LogP contribution in [0.1, 0.15) is 13.8 Å². The second kappa shape index (κ2) is 6.11. The first-order valence-corrected chi connectivity index (χ1v) is 6.60. The Morgan fingerprint density at radius 2 is 2.11 bits per heavy atom. The Morgan fingerprint density at radius 1 is 1.44 bits per heavy atom. The van der Waals surface area contributed by atoms with Crippen molar-refractivity contribution in [2.45, 2.75) is 18.6 Å². The summed E-state index contributed by atoms with van der Waals surface area (Å²) in [6, 6.07) is 6.79. The van der Waals surface area contributed by atoms with Crippen LogP contribution in [-0.4, -0.2) is 27.5 Å². The van der Waals surface area contributed by atoms with Crippen LogP contribution in [0.3, 0.4) is 0 Å². The Labute approximate surface area is 115 Å². The molecule has 2 N–H and O–H groups in total. The normalized spacial score (nSPS) is 11.1.